The summed E-state index contributed by atoms with van der Waals surface area (Å²) in [4.78, 5) is 37.6. The van der Waals surface area contributed by atoms with Gasteiger partial charge in [0.25, 0.3) is 17.5 Å². The van der Waals surface area contributed by atoms with Gasteiger partial charge in [-0.15, -0.1) is 11.8 Å². The van der Waals surface area contributed by atoms with E-state index in [0.29, 0.717) is 22.6 Å². The van der Waals surface area contributed by atoms with Crippen molar-refractivity contribution in [3.8, 4) is 0 Å². The van der Waals surface area contributed by atoms with Gasteiger partial charge in [-0.2, -0.15) is 0 Å². The Morgan fingerprint density at radius 3 is 2.25 bits per heavy atom. The first-order valence-corrected chi connectivity index (χ1v) is 9.63. The molecule has 2 aromatic carbocycles. The average Bonchev–Trinajstić information content (AvgIpc) is 2.92. The van der Waals surface area contributed by atoms with Crippen LogP contribution in [0, 0.1) is 15.9 Å². The minimum Gasteiger partial charge on any atom is -0.274 e. The van der Waals surface area contributed by atoms with Crippen molar-refractivity contribution in [3.05, 3.63) is 80.5 Å². The molecular formula is C20H17FN2O4S. The lowest BCUT2D eigenvalue weighted by molar-refractivity contribution is -0.384. The molecule has 2 amide bonds. The molecule has 0 unspecified atom stereocenters. The van der Waals surface area contributed by atoms with Gasteiger partial charge in [-0.1, -0.05) is 19.1 Å². The summed E-state index contributed by atoms with van der Waals surface area (Å²) in [6.45, 7) is 2.05. The van der Waals surface area contributed by atoms with Gasteiger partial charge in [0.05, 0.1) is 15.4 Å². The van der Waals surface area contributed by atoms with Crippen LogP contribution in [0.5, 0.6) is 0 Å². The fourth-order valence-electron chi connectivity index (χ4n) is 2.93. The SMILES string of the molecule is CCSC1=C(c2ccc([N+](=O)[O-])cc2)C(=O)N(CCc2ccc(F)cc2)C1=O. The van der Waals surface area contributed by atoms with Crippen LogP contribution in [0.25, 0.3) is 5.57 Å². The molecule has 8 heteroatoms. The number of thioether (sulfide) groups is 1. The van der Waals surface area contributed by atoms with Crippen LogP contribution in [0.1, 0.15) is 18.1 Å². The Morgan fingerprint density at radius 2 is 1.68 bits per heavy atom. The normalized spacial score (nSPS) is 14.1. The Labute approximate surface area is 165 Å². The summed E-state index contributed by atoms with van der Waals surface area (Å²) in [7, 11) is 0. The Hall–Kier alpha value is -3.00. The number of nitro groups is 1. The molecule has 1 aliphatic rings. The zero-order valence-electron chi connectivity index (χ0n) is 15.1. The van der Waals surface area contributed by atoms with Gasteiger partial charge in [0.15, 0.2) is 0 Å². The first-order valence-electron chi connectivity index (χ1n) is 8.65. The molecule has 0 atom stereocenters. The fourth-order valence-corrected chi connectivity index (χ4v) is 3.80. The van der Waals surface area contributed by atoms with E-state index >= 15 is 0 Å². The zero-order valence-corrected chi connectivity index (χ0v) is 15.9. The zero-order chi connectivity index (χ0) is 20.3. The summed E-state index contributed by atoms with van der Waals surface area (Å²) < 4.78 is 13.0. The molecule has 0 aliphatic carbocycles. The van der Waals surface area contributed by atoms with Crippen molar-refractivity contribution in [3.63, 3.8) is 0 Å². The highest BCUT2D eigenvalue weighted by molar-refractivity contribution is 8.04. The minimum atomic E-state index is -0.517. The van der Waals surface area contributed by atoms with Crippen molar-refractivity contribution in [1.29, 1.82) is 0 Å². The topological polar surface area (TPSA) is 80.5 Å². The predicted octanol–water partition coefficient (Wildman–Crippen LogP) is 3.81. The van der Waals surface area contributed by atoms with Gasteiger partial charge < -0.3 is 0 Å². The maximum absolute atomic E-state index is 13.0. The molecule has 1 aliphatic heterocycles. The van der Waals surface area contributed by atoms with Crippen molar-refractivity contribution < 1.29 is 18.9 Å². The van der Waals surface area contributed by atoms with Crippen LogP contribution in [0.15, 0.2) is 53.4 Å². The van der Waals surface area contributed by atoms with Crippen molar-refractivity contribution in [2.45, 2.75) is 13.3 Å². The lowest BCUT2D eigenvalue weighted by atomic mass is 10.1. The summed E-state index contributed by atoms with van der Waals surface area (Å²) in [5, 5.41) is 10.8. The van der Waals surface area contributed by atoms with Gasteiger partial charge in [-0.25, -0.2) is 4.39 Å². The molecule has 0 bridgehead atoms. The summed E-state index contributed by atoms with van der Waals surface area (Å²) in [6.07, 6.45) is 0.412. The van der Waals surface area contributed by atoms with Gasteiger partial charge in [-0.3, -0.25) is 24.6 Å². The van der Waals surface area contributed by atoms with E-state index in [9.17, 15) is 24.1 Å². The maximum Gasteiger partial charge on any atom is 0.269 e. The molecule has 0 radical (unpaired) electrons. The Balaban J connectivity index is 1.85. The lowest BCUT2D eigenvalue weighted by Crippen LogP contribution is -2.33. The van der Waals surface area contributed by atoms with Crippen molar-refractivity contribution >= 4 is 34.8 Å². The van der Waals surface area contributed by atoms with Gasteiger partial charge in [-0.05, 0) is 47.6 Å². The second kappa shape index (κ2) is 8.35. The highest BCUT2D eigenvalue weighted by atomic mass is 32.2. The first-order chi connectivity index (χ1) is 13.4. The minimum absolute atomic E-state index is 0.0843. The fraction of sp³-hybridized carbons (Fsp3) is 0.200. The third-order valence-corrected chi connectivity index (χ3v) is 5.27. The van der Waals surface area contributed by atoms with Crippen LogP contribution in [0.4, 0.5) is 10.1 Å². The monoisotopic (exact) mass is 400 g/mol. The molecule has 3 rings (SSSR count). The van der Waals surface area contributed by atoms with Crippen molar-refractivity contribution in [2.75, 3.05) is 12.3 Å². The van der Waals surface area contributed by atoms with E-state index in [1.54, 1.807) is 12.1 Å². The highest BCUT2D eigenvalue weighted by Crippen LogP contribution is 2.36. The van der Waals surface area contributed by atoms with Crippen LogP contribution < -0.4 is 0 Å². The molecule has 0 fully saturated rings. The molecule has 0 saturated carbocycles. The predicted molar refractivity (Wildman–Crippen MR) is 105 cm³/mol. The standard InChI is InChI=1S/C20H17FN2O4S/c1-2-28-18-17(14-5-9-16(10-6-14)23(26)27)19(24)22(20(18)25)12-11-13-3-7-15(21)8-4-13/h3-10H,2,11-12H2,1H3. The summed E-state index contributed by atoms with van der Waals surface area (Å²) >= 11 is 1.28. The molecule has 2 aromatic rings. The number of non-ortho nitro benzene ring substituents is 1. The number of benzene rings is 2. The number of amides is 2. The highest BCUT2D eigenvalue weighted by Gasteiger charge is 2.38. The molecule has 1 heterocycles. The number of halogens is 1. The molecule has 6 nitrogen and oxygen atoms in total. The Kier molecular flexibility index (Phi) is 5.89. The van der Waals surface area contributed by atoms with E-state index in [1.807, 2.05) is 6.92 Å². The number of rotatable bonds is 7. The molecule has 0 saturated heterocycles. The number of nitro benzene ring substituents is 1. The molecule has 0 aromatic heterocycles. The second-order valence-corrected chi connectivity index (χ2v) is 7.35. The average molecular weight is 400 g/mol. The number of nitrogens with zero attached hydrogens (tertiary/aromatic N) is 2. The number of hydrogen-bond donors (Lipinski definition) is 0. The smallest absolute Gasteiger partial charge is 0.269 e. The van der Waals surface area contributed by atoms with Crippen LogP contribution in [0.2, 0.25) is 0 Å². The van der Waals surface area contributed by atoms with Crippen molar-refractivity contribution in [2.24, 2.45) is 0 Å². The second-order valence-electron chi connectivity index (χ2n) is 6.08. The quantitative estimate of drug-likeness (QED) is 0.401. The van der Waals surface area contributed by atoms with E-state index in [2.05, 4.69) is 0 Å². The third kappa shape index (κ3) is 3.96. The molecular weight excluding hydrogens is 383 g/mol. The molecule has 144 valence electrons. The maximum atomic E-state index is 13.0. The van der Waals surface area contributed by atoms with Gasteiger partial charge in [0.2, 0.25) is 0 Å². The number of carbonyl (C=O) groups excluding carboxylic acids is 2. The lowest BCUT2D eigenvalue weighted by Gasteiger charge is -2.15. The largest absolute Gasteiger partial charge is 0.274 e. The van der Waals surface area contributed by atoms with Gasteiger partial charge in [0.1, 0.15) is 5.82 Å². The van der Waals surface area contributed by atoms with Crippen LogP contribution in [0.3, 0.4) is 0 Å². The van der Waals surface area contributed by atoms with Crippen LogP contribution in [-0.4, -0.2) is 33.9 Å². The summed E-state index contributed by atoms with van der Waals surface area (Å²) in [6, 6.07) is 11.5. The van der Waals surface area contributed by atoms with E-state index in [-0.39, 0.29) is 29.5 Å². The molecule has 0 spiro atoms. The molecule has 28 heavy (non-hydrogen) atoms. The molecule has 0 N–H and O–H groups in total. The Morgan fingerprint density at radius 1 is 1.04 bits per heavy atom. The number of hydrogen-bond acceptors (Lipinski definition) is 5. The van der Waals surface area contributed by atoms with E-state index in [1.165, 1.54) is 53.1 Å². The van der Waals surface area contributed by atoms with E-state index in [4.69, 9.17) is 0 Å². The van der Waals surface area contributed by atoms with Crippen LogP contribution in [-0.2, 0) is 16.0 Å². The van der Waals surface area contributed by atoms with Crippen molar-refractivity contribution in [1.82, 2.24) is 4.90 Å². The van der Waals surface area contributed by atoms with E-state index in [0.717, 1.165) is 5.56 Å². The third-order valence-electron chi connectivity index (χ3n) is 4.32. The Bertz CT molecular complexity index is 955. The van der Waals surface area contributed by atoms with Gasteiger partial charge in [0, 0.05) is 18.7 Å². The summed E-state index contributed by atoms with van der Waals surface area (Å²) in [5.74, 6) is -0.526. The van der Waals surface area contributed by atoms with Crippen LogP contribution >= 0.6 is 11.8 Å². The first kappa shape index (κ1) is 19.8. The van der Waals surface area contributed by atoms with E-state index < -0.39 is 10.8 Å². The van der Waals surface area contributed by atoms with Gasteiger partial charge >= 0.3 is 0 Å². The number of carbonyl (C=O) groups is 2. The summed E-state index contributed by atoms with van der Waals surface area (Å²) in [5.41, 5.74) is 1.48. The number of imide groups is 1.